The molecule has 2 fully saturated rings. The summed E-state index contributed by atoms with van der Waals surface area (Å²) >= 11 is 0. The van der Waals surface area contributed by atoms with Crippen molar-refractivity contribution < 1.29 is 0 Å². The first-order valence-electron chi connectivity index (χ1n) is 8.26. The van der Waals surface area contributed by atoms with Crippen LogP contribution in [0.1, 0.15) is 62.6 Å². The van der Waals surface area contributed by atoms with Gasteiger partial charge in [-0.3, -0.25) is 4.90 Å². The molecule has 1 saturated heterocycles. The second-order valence-electron chi connectivity index (χ2n) is 6.79. The van der Waals surface area contributed by atoms with Crippen LogP contribution in [0.5, 0.6) is 0 Å². The van der Waals surface area contributed by atoms with E-state index in [2.05, 4.69) is 43.0 Å². The van der Waals surface area contributed by atoms with Gasteiger partial charge in [-0.05, 0) is 62.1 Å². The summed E-state index contributed by atoms with van der Waals surface area (Å²) in [7, 11) is 0. The largest absolute Gasteiger partial charge is 0.329 e. The summed E-state index contributed by atoms with van der Waals surface area (Å²) in [6, 6.07) is 10.2. The molecule has 3 atom stereocenters. The van der Waals surface area contributed by atoms with Crippen molar-refractivity contribution in [3.8, 4) is 0 Å². The minimum Gasteiger partial charge on any atom is -0.329 e. The lowest BCUT2D eigenvalue weighted by Gasteiger charge is -2.43. The van der Waals surface area contributed by atoms with Gasteiger partial charge in [0.05, 0.1) is 0 Å². The quantitative estimate of drug-likeness (QED) is 0.906. The van der Waals surface area contributed by atoms with Crippen LogP contribution in [0.4, 0.5) is 0 Å². The molecular formula is C18H28N2. The second-order valence-corrected chi connectivity index (χ2v) is 6.79. The lowest BCUT2D eigenvalue weighted by molar-refractivity contribution is 0.0709. The van der Waals surface area contributed by atoms with Crippen molar-refractivity contribution in [2.75, 3.05) is 13.1 Å². The molecule has 1 aliphatic heterocycles. The van der Waals surface area contributed by atoms with Crippen molar-refractivity contribution in [2.24, 2.45) is 11.7 Å². The van der Waals surface area contributed by atoms with Crippen molar-refractivity contribution in [1.82, 2.24) is 4.90 Å². The van der Waals surface area contributed by atoms with Crippen LogP contribution in [-0.2, 0) is 0 Å². The van der Waals surface area contributed by atoms with E-state index in [1.807, 2.05) is 0 Å². The molecule has 1 aromatic rings. The molecule has 0 bridgehead atoms. The van der Waals surface area contributed by atoms with E-state index in [0.29, 0.717) is 12.1 Å². The maximum atomic E-state index is 6.14. The Morgan fingerprint density at radius 3 is 2.75 bits per heavy atom. The number of nitrogens with two attached hydrogens (primary N) is 1. The smallest absolute Gasteiger partial charge is 0.0473 e. The van der Waals surface area contributed by atoms with Gasteiger partial charge in [0, 0.05) is 18.6 Å². The fraction of sp³-hybridized carbons (Fsp3) is 0.667. The van der Waals surface area contributed by atoms with E-state index in [1.165, 1.54) is 43.4 Å². The molecule has 0 amide bonds. The lowest BCUT2D eigenvalue weighted by atomic mass is 9.89. The van der Waals surface area contributed by atoms with Gasteiger partial charge < -0.3 is 5.73 Å². The molecule has 110 valence electrons. The third-order valence-corrected chi connectivity index (χ3v) is 5.39. The molecule has 3 unspecified atom stereocenters. The summed E-state index contributed by atoms with van der Waals surface area (Å²) < 4.78 is 0. The summed E-state index contributed by atoms with van der Waals surface area (Å²) in [5.41, 5.74) is 9.10. The van der Waals surface area contributed by atoms with Gasteiger partial charge in [0.1, 0.15) is 0 Å². The van der Waals surface area contributed by atoms with Crippen LogP contribution in [-0.4, -0.2) is 24.0 Å². The summed E-state index contributed by atoms with van der Waals surface area (Å²) in [5.74, 6) is 1.61. The topological polar surface area (TPSA) is 29.3 Å². The maximum Gasteiger partial charge on any atom is 0.0473 e. The van der Waals surface area contributed by atoms with E-state index < -0.39 is 0 Å². The molecule has 1 aromatic carbocycles. The molecule has 1 saturated carbocycles. The fourth-order valence-corrected chi connectivity index (χ4v) is 3.71. The van der Waals surface area contributed by atoms with E-state index in [0.717, 1.165) is 18.4 Å². The van der Waals surface area contributed by atoms with E-state index >= 15 is 0 Å². The van der Waals surface area contributed by atoms with Crippen LogP contribution in [0.15, 0.2) is 24.3 Å². The Morgan fingerprint density at radius 2 is 2.05 bits per heavy atom. The molecule has 20 heavy (non-hydrogen) atoms. The van der Waals surface area contributed by atoms with Gasteiger partial charge in [-0.1, -0.05) is 31.2 Å². The first-order valence-corrected chi connectivity index (χ1v) is 8.26. The van der Waals surface area contributed by atoms with Gasteiger partial charge >= 0.3 is 0 Å². The minimum atomic E-state index is 0.395. The highest BCUT2D eigenvalue weighted by Gasteiger charge is 2.31. The maximum absolute atomic E-state index is 6.14. The zero-order valence-electron chi connectivity index (χ0n) is 12.9. The third kappa shape index (κ3) is 2.77. The predicted octanol–water partition coefficient (Wildman–Crippen LogP) is 3.68. The Kier molecular flexibility index (Phi) is 4.13. The number of benzene rings is 1. The van der Waals surface area contributed by atoms with Gasteiger partial charge in [0.2, 0.25) is 0 Å². The summed E-state index contributed by atoms with van der Waals surface area (Å²) in [4.78, 5) is 2.64. The standard InChI is InChI=1S/C18H28N2/c1-13-5-4-10-20(14(13)2)18(12-19)17-7-3-6-16(11-17)15-8-9-15/h3,6-7,11,13-15,18H,4-5,8-10,12,19H2,1-2H3. The van der Waals surface area contributed by atoms with Gasteiger partial charge in [0.25, 0.3) is 0 Å². The molecule has 2 heteroatoms. The van der Waals surface area contributed by atoms with E-state index in [1.54, 1.807) is 0 Å². The molecule has 1 aliphatic carbocycles. The molecule has 0 spiro atoms. The van der Waals surface area contributed by atoms with Gasteiger partial charge in [-0.2, -0.15) is 0 Å². The first-order chi connectivity index (χ1) is 9.70. The van der Waals surface area contributed by atoms with E-state index in [9.17, 15) is 0 Å². The lowest BCUT2D eigenvalue weighted by Crippen LogP contribution is -2.46. The van der Waals surface area contributed by atoms with Crippen LogP contribution < -0.4 is 5.73 Å². The molecular weight excluding hydrogens is 244 g/mol. The van der Waals surface area contributed by atoms with E-state index in [-0.39, 0.29) is 0 Å². The third-order valence-electron chi connectivity index (χ3n) is 5.39. The van der Waals surface area contributed by atoms with Crippen LogP contribution >= 0.6 is 0 Å². The highest BCUT2D eigenvalue weighted by atomic mass is 15.2. The van der Waals surface area contributed by atoms with Crippen LogP contribution in [0.3, 0.4) is 0 Å². The van der Waals surface area contributed by atoms with Crippen LogP contribution in [0.25, 0.3) is 0 Å². The normalized spacial score (nSPS) is 29.4. The molecule has 2 aliphatic rings. The minimum absolute atomic E-state index is 0.395. The molecule has 2 nitrogen and oxygen atoms in total. The number of likely N-dealkylation sites (tertiary alicyclic amines) is 1. The Morgan fingerprint density at radius 1 is 1.25 bits per heavy atom. The number of hydrogen-bond donors (Lipinski definition) is 1. The first kappa shape index (κ1) is 14.1. The number of rotatable bonds is 4. The Balaban J connectivity index is 1.83. The van der Waals surface area contributed by atoms with Gasteiger partial charge in [0.15, 0.2) is 0 Å². The molecule has 1 heterocycles. The second kappa shape index (κ2) is 5.87. The highest BCUT2D eigenvalue weighted by molar-refractivity contribution is 5.31. The van der Waals surface area contributed by atoms with Crippen molar-refractivity contribution in [2.45, 2.75) is 57.5 Å². The van der Waals surface area contributed by atoms with E-state index in [4.69, 9.17) is 5.73 Å². The van der Waals surface area contributed by atoms with Crippen LogP contribution in [0, 0.1) is 5.92 Å². The number of hydrogen-bond acceptors (Lipinski definition) is 2. The van der Waals surface area contributed by atoms with Crippen molar-refractivity contribution in [3.05, 3.63) is 35.4 Å². The van der Waals surface area contributed by atoms with Crippen molar-refractivity contribution in [3.63, 3.8) is 0 Å². The Bertz CT molecular complexity index is 452. The monoisotopic (exact) mass is 272 g/mol. The molecule has 0 aromatic heterocycles. The van der Waals surface area contributed by atoms with Crippen molar-refractivity contribution >= 4 is 0 Å². The SMILES string of the molecule is CC1CCCN(C(CN)c2cccc(C3CC3)c2)C1C. The summed E-state index contributed by atoms with van der Waals surface area (Å²) in [5, 5.41) is 0. The molecule has 2 N–H and O–H groups in total. The number of piperidine rings is 1. The Labute approximate surface area is 123 Å². The van der Waals surface area contributed by atoms with Gasteiger partial charge in [-0.15, -0.1) is 0 Å². The summed E-state index contributed by atoms with van der Waals surface area (Å²) in [6.45, 7) is 6.68. The fourth-order valence-electron chi connectivity index (χ4n) is 3.71. The highest BCUT2D eigenvalue weighted by Crippen LogP contribution is 2.41. The Hall–Kier alpha value is -0.860. The van der Waals surface area contributed by atoms with Crippen LogP contribution in [0.2, 0.25) is 0 Å². The summed E-state index contributed by atoms with van der Waals surface area (Å²) in [6.07, 6.45) is 5.41. The zero-order valence-corrected chi connectivity index (χ0v) is 12.9. The van der Waals surface area contributed by atoms with Gasteiger partial charge in [-0.25, -0.2) is 0 Å². The van der Waals surface area contributed by atoms with Crippen molar-refractivity contribution in [1.29, 1.82) is 0 Å². The molecule has 0 radical (unpaired) electrons. The average Bonchev–Trinajstić information content (AvgIpc) is 3.29. The average molecular weight is 272 g/mol. The zero-order chi connectivity index (χ0) is 14.1. The number of nitrogens with zero attached hydrogens (tertiary/aromatic N) is 1. The molecule has 3 rings (SSSR count). The predicted molar refractivity (Wildman–Crippen MR) is 84.8 cm³/mol.